The van der Waals surface area contributed by atoms with Gasteiger partial charge in [0.05, 0.1) is 8.07 Å². The SMILES string of the molecule is C[Si](C)(C)CNCCSS(=O)(=O)O. The lowest BCUT2D eigenvalue weighted by Crippen LogP contribution is -2.37. The molecule has 0 saturated carbocycles. The Morgan fingerprint density at radius 2 is 1.92 bits per heavy atom. The van der Waals surface area contributed by atoms with Gasteiger partial charge in [0, 0.05) is 12.3 Å². The Kier molecular flexibility index (Phi) is 5.53. The minimum Gasteiger partial charge on any atom is -0.319 e. The van der Waals surface area contributed by atoms with Gasteiger partial charge in [0.1, 0.15) is 0 Å². The molecule has 0 aliphatic rings. The number of rotatable bonds is 6. The van der Waals surface area contributed by atoms with Crippen LogP contribution in [-0.2, 0) is 9.15 Å². The van der Waals surface area contributed by atoms with Gasteiger partial charge in [-0.1, -0.05) is 19.6 Å². The summed E-state index contributed by atoms with van der Waals surface area (Å²) >= 11 is 0. The maximum absolute atomic E-state index is 10.3. The first-order valence-electron chi connectivity index (χ1n) is 4.03. The van der Waals surface area contributed by atoms with Crippen LogP contribution < -0.4 is 5.32 Å². The first-order valence-corrected chi connectivity index (χ1v) is 10.7. The normalized spacial score (nSPS) is 13.2. The Bertz CT molecular complexity index is 235. The van der Waals surface area contributed by atoms with Crippen molar-refractivity contribution in [2.24, 2.45) is 0 Å². The summed E-state index contributed by atoms with van der Waals surface area (Å²) in [5.41, 5.74) is 0. The van der Waals surface area contributed by atoms with E-state index in [-0.39, 0.29) is 0 Å². The molecule has 0 aromatic carbocycles. The van der Waals surface area contributed by atoms with Crippen LogP contribution in [0.25, 0.3) is 0 Å². The van der Waals surface area contributed by atoms with E-state index >= 15 is 0 Å². The molecule has 80 valence electrons. The van der Waals surface area contributed by atoms with Crippen LogP contribution in [-0.4, -0.2) is 39.5 Å². The molecule has 0 heterocycles. The topological polar surface area (TPSA) is 66.4 Å². The molecule has 0 aliphatic heterocycles. The number of hydrogen-bond donors (Lipinski definition) is 2. The Morgan fingerprint density at radius 3 is 2.31 bits per heavy atom. The zero-order valence-electron chi connectivity index (χ0n) is 8.20. The van der Waals surface area contributed by atoms with Gasteiger partial charge in [-0.25, -0.2) is 0 Å². The largest absolute Gasteiger partial charge is 0.319 e. The third-order valence-corrected chi connectivity index (χ3v) is 4.54. The molecule has 4 nitrogen and oxygen atoms in total. The first-order chi connectivity index (χ1) is 5.71. The Balaban J connectivity index is 3.39. The van der Waals surface area contributed by atoms with Crippen molar-refractivity contribution in [1.29, 1.82) is 0 Å². The summed E-state index contributed by atoms with van der Waals surface area (Å²) in [6, 6.07) is 0. The van der Waals surface area contributed by atoms with Gasteiger partial charge in [-0.15, -0.1) is 0 Å². The lowest BCUT2D eigenvalue weighted by atomic mass is 10.8. The van der Waals surface area contributed by atoms with E-state index in [0.717, 1.165) is 6.17 Å². The Morgan fingerprint density at radius 1 is 1.38 bits per heavy atom. The molecule has 0 aromatic heterocycles. The molecular weight excluding hydrogens is 226 g/mol. The maximum Gasteiger partial charge on any atom is 0.319 e. The highest BCUT2D eigenvalue weighted by atomic mass is 33.1. The molecule has 0 aromatic rings. The summed E-state index contributed by atoms with van der Waals surface area (Å²) in [5.74, 6) is 0.392. The van der Waals surface area contributed by atoms with Gasteiger partial charge in [-0.05, 0) is 17.0 Å². The molecule has 0 aliphatic carbocycles. The molecule has 2 N–H and O–H groups in total. The number of nitrogens with one attached hydrogen (secondary N) is 1. The van der Waals surface area contributed by atoms with Crippen LogP contribution in [0, 0.1) is 0 Å². The third kappa shape index (κ3) is 12.4. The summed E-state index contributed by atoms with van der Waals surface area (Å²) in [6.45, 7) is 7.32. The summed E-state index contributed by atoms with van der Waals surface area (Å²) < 4.78 is 29.0. The summed E-state index contributed by atoms with van der Waals surface area (Å²) in [6.07, 6.45) is 0.971. The van der Waals surface area contributed by atoms with Crippen LogP contribution in [0.1, 0.15) is 0 Å². The summed E-state index contributed by atoms with van der Waals surface area (Å²) in [7, 11) is -4.37. The van der Waals surface area contributed by atoms with Crippen molar-refractivity contribution < 1.29 is 13.0 Å². The monoisotopic (exact) mass is 243 g/mol. The van der Waals surface area contributed by atoms with Crippen molar-refractivity contribution in [2.45, 2.75) is 19.6 Å². The van der Waals surface area contributed by atoms with E-state index in [2.05, 4.69) is 25.0 Å². The summed E-state index contributed by atoms with van der Waals surface area (Å²) in [5, 5.41) is 3.16. The molecule has 0 atom stereocenters. The molecule has 0 amide bonds. The van der Waals surface area contributed by atoms with Crippen LogP contribution in [0.4, 0.5) is 0 Å². The summed E-state index contributed by atoms with van der Waals surface area (Å²) in [4.78, 5) is 0. The zero-order chi connectivity index (χ0) is 10.5. The molecule has 0 rings (SSSR count). The van der Waals surface area contributed by atoms with Crippen molar-refractivity contribution in [2.75, 3.05) is 18.5 Å². The van der Waals surface area contributed by atoms with E-state index in [1.807, 2.05) is 0 Å². The third-order valence-electron chi connectivity index (χ3n) is 1.17. The van der Waals surface area contributed by atoms with Crippen molar-refractivity contribution in [3.8, 4) is 0 Å². The predicted molar refractivity (Wildman–Crippen MR) is 60.2 cm³/mol. The van der Waals surface area contributed by atoms with E-state index in [1.165, 1.54) is 0 Å². The van der Waals surface area contributed by atoms with Gasteiger partial charge in [0.25, 0.3) is 0 Å². The molecule has 13 heavy (non-hydrogen) atoms. The highest BCUT2D eigenvalue weighted by molar-refractivity contribution is 8.69. The second-order valence-electron chi connectivity index (χ2n) is 3.99. The fraction of sp³-hybridized carbons (Fsp3) is 1.00. The first kappa shape index (κ1) is 13.4. The van der Waals surface area contributed by atoms with E-state index in [9.17, 15) is 8.42 Å². The average molecular weight is 243 g/mol. The lowest BCUT2D eigenvalue weighted by molar-refractivity contribution is 0.503. The van der Waals surface area contributed by atoms with Gasteiger partial charge in [0.2, 0.25) is 0 Å². The van der Waals surface area contributed by atoms with Crippen LogP contribution in [0.3, 0.4) is 0 Å². The van der Waals surface area contributed by atoms with Crippen molar-refractivity contribution in [3.63, 3.8) is 0 Å². The zero-order valence-corrected chi connectivity index (χ0v) is 10.8. The van der Waals surface area contributed by atoms with Gasteiger partial charge in [0.15, 0.2) is 0 Å². The predicted octanol–water partition coefficient (Wildman–Crippen LogP) is 0.989. The van der Waals surface area contributed by atoms with Gasteiger partial charge >= 0.3 is 9.15 Å². The molecular formula is C6H17NO3S2Si. The van der Waals surface area contributed by atoms with Crippen molar-refractivity contribution >= 4 is 28.0 Å². The molecule has 0 bridgehead atoms. The highest BCUT2D eigenvalue weighted by Gasteiger charge is 2.11. The van der Waals surface area contributed by atoms with Crippen LogP contribution in [0.2, 0.25) is 19.6 Å². The van der Waals surface area contributed by atoms with E-state index in [4.69, 9.17) is 4.55 Å². The van der Waals surface area contributed by atoms with E-state index in [0.29, 0.717) is 23.1 Å². The highest BCUT2D eigenvalue weighted by Crippen LogP contribution is 2.07. The van der Waals surface area contributed by atoms with Crippen LogP contribution in [0.5, 0.6) is 0 Å². The molecule has 0 fully saturated rings. The molecule has 0 spiro atoms. The smallest absolute Gasteiger partial charge is 0.319 e. The second kappa shape index (κ2) is 5.35. The Hall–Kier alpha value is 0.437. The van der Waals surface area contributed by atoms with Crippen LogP contribution >= 0.6 is 10.8 Å². The van der Waals surface area contributed by atoms with E-state index < -0.39 is 17.2 Å². The number of hydrogen-bond acceptors (Lipinski definition) is 4. The van der Waals surface area contributed by atoms with Gasteiger partial charge in [-0.2, -0.15) is 8.42 Å². The van der Waals surface area contributed by atoms with Crippen molar-refractivity contribution in [3.05, 3.63) is 0 Å². The van der Waals surface area contributed by atoms with Gasteiger partial charge < -0.3 is 5.32 Å². The minimum absolute atomic E-state index is 0.392. The minimum atomic E-state index is -3.85. The van der Waals surface area contributed by atoms with E-state index in [1.54, 1.807) is 0 Å². The standard InChI is InChI=1S/C6H17NO3S2Si/c1-13(2,3)6-7-4-5-11-12(8,9)10/h7H,4-6H2,1-3H3,(H,8,9,10). The molecule has 0 radical (unpaired) electrons. The quantitative estimate of drug-likeness (QED) is 0.315. The molecule has 7 heteroatoms. The maximum atomic E-state index is 10.3. The average Bonchev–Trinajstić information content (AvgIpc) is 1.81. The lowest BCUT2D eigenvalue weighted by Gasteiger charge is -2.15. The Labute approximate surface area is 84.6 Å². The second-order valence-corrected chi connectivity index (χ2v) is 12.9. The fourth-order valence-corrected chi connectivity index (χ4v) is 2.93. The molecule has 0 unspecified atom stereocenters. The van der Waals surface area contributed by atoms with Crippen LogP contribution in [0.15, 0.2) is 0 Å². The van der Waals surface area contributed by atoms with Crippen molar-refractivity contribution in [1.82, 2.24) is 5.32 Å². The fourth-order valence-electron chi connectivity index (χ4n) is 0.683. The van der Waals surface area contributed by atoms with Gasteiger partial charge in [-0.3, -0.25) is 4.55 Å². The molecule has 0 saturated heterocycles.